The number of ether oxygens (including phenoxy) is 2. The molecule has 2 aromatic rings. The maximum Gasteiger partial charge on any atom is 0.338 e. The summed E-state index contributed by atoms with van der Waals surface area (Å²) in [7, 11) is 3.46. The van der Waals surface area contributed by atoms with Gasteiger partial charge in [-0.25, -0.2) is 4.79 Å². The van der Waals surface area contributed by atoms with Crippen LogP contribution in [0.4, 0.5) is 5.69 Å². The highest BCUT2D eigenvalue weighted by molar-refractivity contribution is 5.90. The molecule has 0 aromatic heterocycles. The first-order valence-corrected chi connectivity index (χ1v) is 11.4. The molecule has 1 N–H and O–H groups in total. The molecule has 0 bridgehead atoms. The van der Waals surface area contributed by atoms with Crippen LogP contribution < -0.4 is 9.64 Å². The van der Waals surface area contributed by atoms with Gasteiger partial charge in [0.2, 0.25) is 0 Å². The van der Waals surface area contributed by atoms with E-state index in [1.807, 2.05) is 44.2 Å². The molecule has 1 heterocycles. The van der Waals surface area contributed by atoms with Gasteiger partial charge in [0, 0.05) is 38.9 Å². The molecule has 1 saturated heterocycles. The van der Waals surface area contributed by atoms with Crippen LogP contribution in [0, 0.1) is 0 Å². The SMILES string of the molecule is COC(=O)c1ccccc1CN1CCC(O)(CCN(C)c2ccc(OC(C)C)cc2)CC1. The summed E-state index contributed by atoms with van der Waals surface area (Å²) in [5.74, 6) is 0.567. The first-order valence-electron chi connectivity index (χ1n) is 11.4. The number of carbonyl (C=O) groups is 1. The molecule has 0 amide bonds. The maximum absolute atomic E-state index is 12.0. The first kappa shape index (κ1) is 24.1. The molecule has 1 fully saturated rings. The van der Waals surface area contributed by atoms with E-state index >= 15 is 0 Å². The van der Waals surface area contributed by atoms with Crippen molar-refractivity contribution in [1.29, 1.82) is 0 Å². The number of aliphatic hydroxyl groups is 1. The summed E-state index contributed by atoms with van der Waals surface area (Å²) in [5, 5.41) is 11.1. The molecular weight excluding hydrogens is 404 g/mol. The Kier molecular flexibility index (Phi) is 8.15. The minimum atomic E-state index is -0.659. The van der Waals surface area contributed by atoms with Gasteiger partial charge in [0.1, 0.15) is 5.75 Å². The van der Waals surface area contributed by atoms with Gasteiger partial charge in [0.15, 0.2) is 0 Å². The molecule has 0 radical (unpaired) electrons. The van der Waals surface area contributed by atoms with Gasteiger partial charge in [0.05, 0.1) is 24.4 Å². The zero-order chi connectivity index (χ0) is 23.1. The van der Waals surface area contributed by atoms with Crippen LogP contribution in [-0.2, 0) is 11.3 Å². The Morgan fingerprint density at radius 3 is 2.41 bits per heavy atom. The Bertz CT molecular complexity index is 874. The quantitative estimate of drug-likeness (QED) is 0.592. The Morgan fingerprint density at radius 2 is 1.78 bits per heavy atom. The van der Waals surface area contributed by atoms with Crippen LogP contribution >= 0.6 is 0 Å². The summed E-state index contributed by atoms with van der Waals surface area (Å²) in [6.45, 7) is 7.11. The molecule has 6 nitrogen and oxygen atoms in total. The van der Waals surface area contributed by atoms with Crippen molar-refractivity contribution >= 4 is 11.7 Å². The smallest absolute Gasteiger partial charge is 0.338 e. The van der Waals surface area contributed by atoms with Gasteiger partial charge in [0.25, 0.3) is 0 Å². The van der Waals surface area contributed by atoms with E-state index in [-0.39, 0.29) is 12.1 Å². The van der Waals surface area contributed by atoms with Gasteiger partial charge in [-0.05, 0) is 69.0 Å². The van der Waals surface area contributed by atoms with E-state index in [9.17, 15) is 9.90 Å². The minimum Gasteiger partial charge on any atom is -0.491 e. The predicted molar refractivity (Wildman–Crippen MR) is 127 cm³/mol. The second-order valence-corrected chi connectivity index (χ2v) is 8.98. The molecule has 0 unspecified atom stereocenters. The number of likely N-dealkylation sites (tertiary alicyclic amines) is 1. The molecule has 0 saturated carbocycles. The molecule has 3 rings (SSSR count). The van der Waals surface area contributed by atoms with Crippen LogP contribution in [0.15, 0.2) is 48.5 Å². The zero-order valence-corrected chi connectivity index (χ0v) is 19.7. The van der Waals surface area contributed by atoms with Gasteiger partial charge in [-0.15, -0.1) is 0 Å². The lowest BCUT2D eigenvalue weighted by molar-refractivity contribution is -0.0276. The first-order chi connectivity index (χ1) is 15.3. The fourth-order valence-electron chi connectivity index (χ4n) is 4.14. The van der Waals surface area contributed by atoms with E-state index < -0.39 is 5.60 Å². The highest BCUT2D eigenvalue weighted by Gasteiger charge is 2.32. The van der Waals surface area contributed by atoms with Gasteiger partial charge < -0.3 is 19.5 Å². The summed E-state index contributed by atoms with van der Waals surface area (Å²) in [6, 6.07) is 15.7. The number of anilines is 1. The standard InChI is InChI=1S/C26H36N2O4/c1-20(2)32-23-11-9-22(10-12-23)27(3)16-13-26(30)14-17-28(18-15-26)19-21-7-5-6-8-24(21)25(29)31-4/h5-12,20,30H,13-19H2,1-4H3. The average Bonchev–Trinajstić information content (AvgIpc) is 2.79. The van der Waals surface area contributed by atoms with Crippen LogP contribution in [0.3, 0.4) is 0 Å². The van der Waals surface area contributed by atoms with Crippen molar-refractivity contribution in [1.82, 2.24) is 4.90 Å². The molecule has 1 aliphatic rings. The molecule has 0 aliphatic carbocycles. The van der Waals surface area contributed by atoms with E-state index in [1.165, 1.54) is 7.11 Å². The summed E-state index contributed by atoms with van der Waals surface area (Å²) in [6.07, 6.45) is 2.33. The Labute approximate surface area is 191 Å². The summed E-state index contributed by atoms with van der Waals surface area (Å²) in [4.78, 5) is 16.5. The molecule has 174 valence electrons. The Morgan fingerprint density at radius 1 is 1.12 bits per heavy atom. The molecular formula is C26H36N2O4. The normalized spacial score (nSPS) is 16.1. The van der Waals surface area contributed by atoms with E-state index in [4.69, 9.17) is 9.47 Å². The third-order valence-corrected chi connectivity index (χ3v) is 6.17. The molecule has 0 atom stereocenters. The van der Waals surface area contributed by atoms with Crippen molar-refractivity contribution in [3.63, 3.8) is 0 Å². The molecule has 32 heavy (non-hydrogen) atoms. The number of benzene rings is 2. The van der Waals surface area contributed by atoms with Crippen molar-refractivity contribution < 1.29 is 19.4 Å². The summed E-state index contributed by atoms with van der Waals surface area (Å²) >= 11 is 0. The molecule has 0 spiro atoms. The Hall–Kier alpha value is -2.57. The summed E-state index contributed by atoms with van der Waals surface area (Å²) < 4.78 is 10.6. The number of piperidine rings is 1. The molecule has 1 aliphatic heterocycles. The van der Waals surface area contributed by atoms with Crippen molar-refractivity contribution in [3.8, 4) is 5.75 Å². The van der Waals surface area contributed by atoms with Crippen molar-refractivity contribution in [2.45, 2.75) is 51.4 Å². The fraction of sp³-hybridized carbons (Fsp3) is 0.500. The van der Waals surface area contributed by atoms with E-state index in [0.29, 0.717) is 12.1 Å². The third kappa shape index (κ3) is 6.47. The number of rotatable bonds is 9. The van der Waals surface area contributed by atoms with Crippen LogP contribution in [0.1, 0.15) is 49.0 Å². The van der Waals surface area contributed by atoms with Gasteiger partial charge in [-0.2, -0.15) is 0 Å². The third-order valence-electron chi connectivity index (χ3n) is 6.17. The van der Waals surface area contributed by atoms with E-state index in [1.54, 1.807) is 6.07 Å². The topological polar surface area (TPSA) is 62.2 Å². The van der Waals surface area contributed by atoms with Crippen LogP contribution in [0.5, 0.6) is 5.75 Å². The average molecular weight is 441 g/mol. The van der Waals surface area contributed by atoms with Crippen molar-refractivity contribution in [2.75, 3.05) is 38.7 Å². The lowest BCUT2D eigenvalue weighted by atomic mass is 9.87. The minimum absolute atomic E-state index is 0.160. The monoisotopic (exact) mass is 440 g/mol. The number of methoxy groups -OCH3 is 1. The molecule has 6 heteroatoms. The lowest BCUT2D eigenvalue weighted by Gasteiger charge is -2.39. The lowest BCUT2D eigenvalue weighted by Crippen LogP contribution is -2.45. The number of esters is 1. The predicted octanol–water partition coefficient (Wildman–Crippen LogP) is 4.11. The second kappa shape index (κ2) is 10.8. The van der Waals surface area contributed by atoms with Crippen molar-refractivity contribution in [2.24, 2.45) is 0 Å². The van der Waals surface area contributed by atoms with Crippen molar-refractivity contribution in [3.05, 3.63) is 59.7 Å². The highest BCUT2D eigenvalue weighted by atomic mass is 16.5. The highest BCUT2D eigenvalue weighted by Crippen LogP contribution is 2.28. The van der Waals surface area contributed by atoms with E-state index in [0.717, 1.165) is 55.9 Å². The number of nitrogens with zero attached hydrogens (tertiary/aromatic N) is 2. The summed E-state index contributed by atoms with van der Waals surface area (Å²) in [5.41, 5.74) is 2.03. The number of hydrogen-bond acceptors (Lipinski definition) is 6. The van der Waals surface area contributed by atoms with Gasteiger partial charge in [-0.1, -0.05) is 18.2 Å². The Balaban J connectivity index is 1.49. The number of carbonyl (C=O) groups excluding carboxylic acids is 1. The van der Waals surface area contributed by atoms with Gasteiger partial charge >= 0.3 is 5.97 Å². The fourth-order valence-corrected chi connectivity index (χ4v) is 4.14. The van der Waals surface area contributed by atoms with E-state index in [2.05, 4.69) is 29.0 Å². The zero-order valence-electron chi connectivity index (χ0n) is 19.7. The maximum atomic E-state index is 12.0. The largest absolute Gasteiger partial charge is 0.491 e. The number of hydrogen-bond donors (Lipinski definition) is 1. The van der Waals surface area contributed by atoms with Crippen LogP contribution in [-0.4, -0.2) is 61.5 Å². The van der Waals surface area contributed by atoms with Crippen LogP contribution in [0.2, 0.25) is 0 Å². The second-order valence-electron chi connectivity index (χ2n) is 8.98. The van der Waals surface area contributed by atoms with Crippen LogP contribution in [0.25, 0.3) is 0 Å². The molecule has 2 aromatic carbocycles. The van der Waals surface area contributed by atoms with Gasteiger partial charge in [-0.3, -0.25) is 4.90 Å².